The highest BCUT2D eigenvalue weighted by molar-refractivity contribution is 5.41. The Morgan fingerprint density at radius 2 is 2.19 bits per heavy atom. The average Bonchev–Trinajstić information content (AvgIpc) is 2.73. The highest BCUT2D eigenvalue weighted by Crippen LogP contribution is 2.15. The maximum absolute atomic E-state index is 8.63. The molecular formula is C11H12N4O. The third-order valence-corrected chi connectivity index (χ3v) is 2.26. The fourth-order valence-corrected chi connectivity index (χ4v) is 1.40. The lowest BCUT2D eigenvalue weighted by Gasteiger charge is -2.04. The SMILES string of the molecule is C[C@H]1CN(N=Nc2ccc(C#N)cc2)CO1. The summed E-state index contributed by atoms with van der Waals surface area (Å²) in [6.07, 6.45) is 0.208. The Labute approximate surface area is 93.9 Å². The molecule has 1 saturated heterocycles. The van der Waals surface area contributed by atoms with Crippen LogP contribution in [-0.4, -0.2) is 24.4 Å². The van der Waals surface area contributed by atoms with Crippen molar-refractivity contribution >= 4 is 5.69 Å². The van der Waals surface area contributed by atoms with Crippen LogP contribution in [-0.2, 0) is 4.74 Å². The van der Waals surface area contributed by atoms with Gasteiger partial charge in [-0.3, -0.25) is 5.01 Å². The van der Waals surface area contributed by atoms with E-state index in [4.69, 9.17) is 10.00 Å². The van der Waals surface area contributed by atoms with Gasteiger partial charge in [0.2, 0.25) is 0 Å². The predicted octanol–water partition coefficient (Wildman–Crippen LogP) is 2.24. The van der Waals surface area contributed by atoms with Gasteiger partial charge in [0, 0.05) is 0 Å². The highest BCUT2D eigenvalue weighted by atomic mass is 16.5. The van der Waals surface area contributed by atoms with Gasteiger partial charge in [-0.2, -0.15) is 5.26 Å². The second-order valence-electron chi connectivity index (χ2n) is 3.64. The smallest absolute Gasteiger partial charge is 0.137 e. The van der Waals surface area contributed by atoms with E-state index in [1.54, 1.807) is 29.3 Å². The molecule has 0 saturated carbocycles. The van der Waals surface area contributed by atoms with Gasteiger partial charge in [-0.1, -0.05) is 5.22 Å². The van der Waals surface area contributed by atoms with Crippen molar-refractivity contribution in [1.82, 2.24) is 5.01 Å². The average molecular weight is 216 g/mol. The lowest BCUT2D eigenvalue weighted by molar-refractivity contribution is 0.0978. The van der Waals surface area contributed by atoms with Crippen LogP contribution in [0, 0.1) is 11.3 Å². The standard InChI is InChI=1S/C11H12N4O/c1-9-7-15(8-16-9)14-13-11-4-2-10(6-12)3-5-11/h2-5,9H,7-8H2,1H3/t9-/m0/s1. The predicted molar refractivity (Wildman–Crippen MR) is 57.8 cm³/mol. The lowest BCUT2D eigenvalue weighted by atomic mass is 10.2. The minimum Gasteiger partial charge on any atom is -0.355 e. The molecule has 0 bridgehead atoms. The summed E-state index contributed by atoms with van der Waals surface area (Å²) in [6.45, 7) is 3.25. The molecule has 82 valence electrons. The van der Waals surface area contributed by atoms with Gasteiger partial charge in [-0.05, 0) is 31.2 Å². The Morgan fingerprint density at radius 1 is 1.44 bits per heavy atom. The van der Waals surface area contributed by atoms with E-state index in [-0.39, 0.29) is 6.10 Å². The zero-order valence-electron chi connectivity index (χ0n) is 9.00. The van der Waals surface area contributed by atoms with Crippen molar-refractivity contribution in [1.29, 1.82) is 5.26 Å². The third kappa shape index (κ3) is 2.55. The lowest BCUT2D eigenvalue weighted by Crippen LogP contribution is -2.13. The first-order chi connectivity index (χ1) is 7.78. The van der Waals surface area contributed by atoms with Gasteiger partial charge in [-0.25, -0.2) is 0 Å². The van der Waals surface area contributed by atoms with Gasteiger partial charge in [0.25, 0.3) is 0 Å². The van der Waals surface area contributed by atoms with Crippen LogP contribution in [0.25, 0.3) is 0 Å². The second-order valence-corrected chi connectivity index (χ2v) is 3.64. The molecule has 1 fully saturated rings. The van der Waals surface area contributed by atoms with Gasteiger partial charge >= 0.3 is 0 Å². The summed E-state index contributed by atoms with van der Waals surface area (Å²) in [5, 5.41) is 18.5. The normalized spacial score (nSPS) is 20.2. The summed E-state index contributed by atoms with van der Waals surface area (Å²) in [7, 11) is 0. The molecule has 0 amide bonds. The van der Waals surface area contributed by atoms with Gasteiger partial charge in [-0.15, -0.1) is 5.11 Å². The third-order valence-electron chi connectivity index (χ3n) is 2.26. The molecule has 0 unspecified atom stereocenters. The first-order valence-corrected chi connectivity index (χ1v) is 5.06. The molecule has 1 aliphatic heterocycles. The second kappa shape index (κ2) is 4.73. The molecule has 1 aromatic carbocycles. The van der Waals surface area contributed by atoms with E-state index in [0.717, 1.165) is 12.2 Å². The number of ether oxygens (including phenoxy) is 1. The number of rotatable bonds is 2. The molecule has 1 heterocycles. The van der Waals surface area contributed by atoms with Crippen LogP contribution in [0.2, 0.25) is 0 Å². The summed E-state index contributed by atoms with van der Waals surface area (Å²) < 4.78 is 5.32. The van der Waals surface area contributed by atoms with E-state index in [1.165, 1.54) is 0 Å². The molecule has 2 rings (SSSR count). The van der Waals surface area contributed by atoms with Crippen molar-refractivity contribution in [2.45, 2.75) is 13.0 Å². The number of hydrogen-bond acceptors (Lipinski definition) is 4. The molecule has 1 aromatic rings. The van der Waals surface area contributed by atoms with E-state index >= 15 is 0 Å². The molecule has 5 heteroatoms. The summed E-state index contributed by atoms with van der Waals surface area (Å²) >= 11 is 0. The van der Waals surface area contributed by atoms with Gasteiger partial charge < -0.3 is 4.74 Å². The molecule has 16 heavy (non-hydrogen) atoms. The zero-order valence-corrected chi connectivity index (χ0v) is 9.00. The molecular weight excluding hydrogens is 204 g/mol. The number of nitriles is 1. The maximum atomic E-state index is 8.63. The zero-order chi connectivity index (χ0) is 11.4. The van der Waals surface area contributed by atoms with E-state index in [9.17, 15) is 0 Å². The van der Waals surface area contributed by atoms with E-state index in [1.807, 2.05) is 6.92 Å². The number of benzene rings is 1. The first-order valence-electron chi connectivity index (χ1n) is 5.06. The maximum Gasteiger partial charge on any atom is 0.137 e. The van der Waals surface area contributed by atoms with Crippen LogP contribution in [0.4, 0.5) is 5.69 Å². The Bertz CT molecular complexity index is 421. The van der Waals surface area contributed by atoms with E-state index in [2.05, 4.69) is 16.4 Å². The molecule has 0 N–H and O–H groups in total. The summed E-state index contributed by atoms with van der Waals surface area (Å²) in [5.41, 5.74) is 1.36. The van der Waals surface area contributed by atoms with Crippen LogP contribution < -0.4 is 0 Å². The molecule has 5 nitrogen and oxygen atoms in total. The summed E-state index contributed by atoms with van der Waals surface area (Å²) in [6, 6.07) is 9.03. The minimum atomic E-state index is 0.208. The number of hydrogen-bond donors (Lipinski definition) is 0. The Balaban J connectivity index is 1.98. The molecule has 0 radical (unpaired) electrons. The van der Waals surface area contributed by atoms with Crippen LogP contribution in [0.5, 0.6) is 0 Å². The molecule has 0 aliphatic carbocycles. The Hall–Kier alpha value is -1.93. The highest BCUT2D eigenvalue weighted by Gasteiger charge is 2.17. The number of nitrogens with zero attached hydrogens (tertiary/aromatic N) is 4. The van der Waals surface area contributed by atoms with Gasteiger partial charge in [0.15, 0.2) is 0 Å². The van der Waals surface area contributed by atoms with Crippen molar-refractivity contribution in [3.8, 4) is 6.07 Å². The van der Waals surface area contributed by atoms with Crippen molar-refractivity contribution in [3.63, 3.8) is 0 Å². The topological polar surface area (TPSA) is 61.0 Å². The van der Waals surface area contributed by atoms with Crippen molar-refractivity contribution in [2.24, 2.45) is 10.3 Å². The van der Waals surface area contributed by atoms with Crippen molar-refractivity contribution in [3.05, 3.63) is 29.8 Å². The first kappa shape index (κ1) is 10.6. The van der Waals surface area contributed by atoms with Crippen LogP contribution in [0.1, 0.15) is 12.5 Å². The minimum absolute atomic E-state index is 0.208. The molecule has 0 aromatic heterocycles. The fraction of sp³-hybridized carbons (Fsp3) is 0.364. The van der Waals surface area contributed by atoms with Crippen molar-refractivity contribution < 1.29 is 4.74 Å². The van der Waals surface area contributed by atoms with E-state index in [0.29, 0.717) is 12.3 Å². The van der Waals surface area contributed by atoms with Crippen LogP contribution >= 0.6 is 0 Å². The van der Waals surface area contributed by atoms with Gasteiger partial charge in [0.1, 0.15) is 6.73 Å². The summed E-state index contributed by atoms with van der Waals surface area (Å²) in [5.74, 6) is 0. The molecule has 1 aliphatic rings. The van der Waals surface area contributed by atoms with Gasteiger partial charge in [0.05, 0.1) is 30.0 Å². The largest absolute Gasteiger partial charge is 0.355 e. The Morgan fingerprint density at radius 3 is 2.75 bits per heavy atom. The monoisotopic (exact) mass is 216 g/mol. The molecule has 0 spiro atoms. The quantitative estimate of drug-likeness (QED) is 0.712. The van der Waals surface area contributed by atoms with Crippen LogP contribution in [0.3, 0.4) is 0 Å². The molecule has 1 atom stereocenters. The summed E-state index contributed by atoms with van der Waals surface area (Å²) in [4.78, 5) is 0. The van der Waals surface area contributed by atoms with E-state index < -0.39 is 0 Å². The fourth-order valence-electron chi connectivity index (χ4n) is 1.40. The Kier molecular flexibility index (Phi) is 3.13. The van der Waals surface area contributed by atoms with Crippen molar-refractivity contribution in [2.75, 3.05) is 13.3 Å². The van der Waals surface area contributed by atoms with Crippen LogP contribution in [0.15, 0.2) is 34.6 Å².